The summed E-state index contributed by atoms with van der Waals surface area (Å²) in [6.07, 6.45) is 4.47. The standard InChI is InChI=1S/C18H29O/c1-17(2,3)16(18(4,5)19)14-10-9-13-15-11-7-6-8-12-15/h6-8,11-12,16H,9-10,13-14H2,1-5H3. The highest BCUT2D eigenvalue weighted by molar-refractivity contribution is 5.14. The van der Waals surface area contributed by atoms with Crippen molar-refractivity contribution in [1.29, 1.82) is 0 Å². The Morgan fingerprint density at radius 3 is 2.00 bits per heavy atom. The van der Waals surface area contributed by atoms with Gasteiger partial charge in [0.1, 0.15) is 5.60 Å². The average Bonchev–Trinajstić information content (AvgIpc) is 2.26. The molecule has 1 aromatic rings. The van der Waals surface area contributed by atoms with Crippen molar-refractivity contribution in [3.63, 3.8) is 0 Å². The Bertz CT molecular complexity index is 340. The molecule has 0 aliphatic heterocycles. The predicted molar refractivity (Wildman–Crippen MR) is 81.7 cm³/mol. The van der Waals surface area contributed by atoms with Gasteiger partial charge in [0, 0.05) is 0 Å². The first kappa shape index (κ1) is 16.2. The highest BCUT2D eigenvalue weighted by atomic mass is 16.3. The van der Waals surface area contributed by atoms with E-state index in [2.05, 4.69) is 51.1 Å². The molecule has 0 saturated carbocycles. The van der Waals surface area contributed by atoms with E-state index in [0.29, 0.717) is 0 Å². The molecule has 0 heterocycles. The number of aryl methyl sites for hydroxylation is 1. The van der Waals surface area contributed by atoms with Gasteiger partial charge in [-0.05, 0) is 50.0 Å². The first-order valence-electron chi connectivity index (χ1n) is 7.45. The maximum absolute atomic E-state index is 12.3. The molecule has 1 rings (SSSR count). The second-order valence-electron chi connectivity index (χ2n) is 7.25. The Hall–Kier alpha value is -0.820. The van der Waals surface area contributed by atoms with E-state index in [4.69, 9.17) is 0 Å². The van der Waals surface area contributed by atoms with Crippen molar-refractivity contribution in [1.82, 2.24) is 0 Å². The summed E-state index contributed by atoms with van der Waals surface area (Å²) < 4.78 is 0. The Labute approximate surface area is 119 Å². The molecule has 0 spiro atoms. The van der Waals surface area contributed by atoms with Crippen molar-refractivity contribution in [2.75, 3.05) is 0 Å². The van der Waals surface area contributed by atoms with E-state index in [0.717, 1.165) is 19.3 Å². The zero-order valence-corrected chi connectivity index (χ0v) is 13.2. The SMILES string of the molecule is CC(C)(C)C(CCCCc1ccccc1)C(C)(C)[O]. The van der Waals surface area contributed by atoms with E-state index in [-0.39, 0.29) is 11.3 Å². The lowest BCUT2D eigenvalue weighted by Crippen LogP contribution is -2.38. The van der Waals surface area contributed by atoms with E-state index >= 15 is 0 Å². The number of hydrogen-bond acceptors (Lipinski definition) is 0. The summed E-state index contributed by atoms with van der Waals surface area (Å²) in [5, 5.41) is 12.3. The minimum absolute atomic E-state index is 0.0952. The summed E-state index contributed by atoms with van der Waals surface area (Å²) in [5.41, 5.74) is 0.652. The normalized spacial score (nSPS) is 14.4. The van der Waals surface area contributed by atoms with Gasteiger partial charge in [-0.15, -0.1) is 0 Å². The molecular formula is C18H29O. The number of hydrogen-bond donors (Lipinski definition) is 0. The molecule has 0 saturated heterocycles. The molecule has 0 fully saturated rings. The highest BCUT2D eigenvalue weighted by Crippen LogP contribution is 2.38. The van der Waals surface area contributed by atoms with E-state index in [1.807, 2.05) is 13.8 Å². The minimum atomic E-state index is -0.842. The lowest BCUT2D eigenvalue weighted by molar-refractivity contribution is -0.0874. The largest absolute Gasteiger partial charge is 0.230 e. The fraction of sp³-hybridized carbons (Fsp3) is 0.667. The predicted octanol–water partition coefficient (Wildman–Crippen LogP) is 5.27. The second kappa shape index (κ2) is 6.56. The molecule has 0 amide bonds. The molecule has 1 radical (unpaired) electrons. The van der Waals surface area contributed by atoms with Gasteiger partial charge in [0.05, 0.1) is 0 Å². The molecule has 0 aromatic heterocycles. The highest BCUT2D eigenvalue weighted by Gasteiger charge is 2.37. The van der Waals surface area contributed by atoms with Crippen molar-refractivity contribution in [2.45, 2.75) is 65.9 Å². The van der Waals surface area contributed by atoms with E-state index in [1.165, 1.54) is 12.0 Å². The van der Waals surface area contributed by atoms with Gasteiger partial charge >= 0.3 is 0 Å². The van der Waals surface area contributed by atoms with Crippen molar-refractivity contribution < 1.29 is 5.11 Å². The Morgan fingerprint density at radius 1 is 0.947 bits per heavy atom. The molecule has 1 aromatic carbocycles. The van der Waals surface area contributed by atoms with Crippen LogP contribution in [0.25, 0.3) is 0 Å². The van der Waals surface area contributed by atoms with Gasteiger partial charge in [0.25, 0.3) is 0 Å². The maximum Gasteiger partial charge on any atom is 0.101 e. The van der Waals surface area contributed by atoms with Gasteiger partial charge in [-0.3, -0.25) is 0 Å². The summed E-state index contributed by atoms with van der Waals surface area (Å²) in [7, 11) is 0. The maximum atomic E-state index is 12.3. The van der Waals surface area contributed by atoms with Crippen molar-refractivity contribution in [2.24, 2.45) is 11.3 Å². The van der Waals surface area contributed by atoms with E-state index in [1.54, 1.807) is 0 Å². The monoisotopic (exact) mass is 261 g/mol. The van der Waals surface area contributed by atoms with Crippen LogP contribution in [-0.2, 0) is 11.5 Å². The first-order valence-corrected chi connectivity index (χ1v) is 7.45. The first-order chi connectivity index (χ1) is 8.71. The quantitative estimate of drug-likeness (QED) is 0.622. The van der Waals surface area contributed by atoms with Crippen LogP contribution >= 0.6 is 0 Å². The summed E-state index contributed by atoms with van der Waals surface area (Å²) in [6, 6.07) is 10.6. The molecule has 1 heteroatoms. The molecule has 0 aliphatic rings. The van der Waals surface area contributed by atoms with Gasteiger partial charge in [0.2, 0.25) is 0 Å². The molecule has 0 aliphatic carbocycles. The lowest BCUT2D eigenvalue weighted by Gasteiger charge is -2.38. The van der Waals surface area contributed by atoms with Gasteiger partial charge in [-0.1, -0.05) is 57.5 Å². The average molecular weight is 261 g/mol. The molecule has 1 unspecified atom stereocenters. The fourth-order valence-electron chi connectivity index (χ4n) is 3.15. The van der Waals surface area contributed by atoms with Crippen molar-refractivity contribution >= 4 is 0 Å². The van der Waals surface area contributed by atoms with Crippen molar-refractivity contribution in [3.8, 4) is 0 Å². The Balaban J connectivity index is 2.42. The van der Waals surface area contributed by atoms with E-state index in [9.17, 15) is 5.11 Å². The van der Waals surface area contributed by atoms with Gasteiger partial charge in [0.15, 0.2) is 0 Å². The third-order valence-corrected chi connectivity index (χ3v) is 3.94. The van der Waals surface area contributed by atoms with Crippen LogP contribution < -0.4 is 0 Å². The van der Waals surface area contributed by atoms with Crippen LogP contribution in [0.2, 0.25) is 0 Å². The molecule has 107 valence electrons. The number of unbranched alkanes of at least 4 members (excludes halogenated alkanes) is 1. The Kier molecular flexibility index (Phi) is 5.61. The zero-order valence-electron chi connectivity index (χ0n) is 13.2. The third-order valence-electron chi connectivity index (χ3n) is 3.94. The van der Waals surface area contributed by atoms with Crippen molar-refractivity contribution in [3.05, 3.63) is 35.9 Å². The smallest absolute Gasteiger partial charge is 0.101 e. The van der Waals surface area contributed by atoms with Crippen LogP contribution in [0, 0.1) is 11.3 Å². The molecular weight excluding hydrogens is 232 g/mol. The van der Waals surface area contributed by atoms with Crippen LogP contribution in [0.15, 0.2) is 30.3 Å². The van der Waals surface area contributed by atoms with Gasteiger partial charge < -0.3 is 0 Å². The summed E-state index contributed by atoms with van der Waals surface area (Å²) in [6.45, 7) is 10.2. The third kappa shape index (κ3) is 5.78. The molecule has 19 heavy (non-hydrogen) atoms. The molecule has 1 atom stereocenters. The van der Waals surface area contributed by atoms with Crippen LogP contribution in [0.3, 0.4) is 0 Å². The second-order valence-corrected chi connectivity index (χ2v) is 7.25. The van der Waals surface area contributed by atoms with E-state index < -0.39 is 5.60 Å². The molecule has 0 N–H and O–H groups in total. The number of rotatable bonds is 6. The Morgan fingerprint density at radius 2 is 1.53 bits per heavy atom. The fourth-order valence-corrected chi connectivity index (χ4v) is 3.15. The summed E-state index contributed by atoms with van der Waals surface area (Å²) >= 11 is 0. The summed E-state index contributed by atoms with van der Waals surface area (Å²) in [4.78, 5) is 0. The topological polar surface area (TPSA) is 19.9 Å². The molecule has 1 nitrogen and oxygen atoms in total. The van der Waals surface area contributed by atoms with Crippen LogP contribution in [-0.4, -0.2) is 5.60 Å². The van der Waals surface area contributed by atoms with Crippen LogP contribution in [0.5, 0.6) is 0 Å². The lowest BCUT2D eigenvalue weighted by atomic mass is 9.69. The zero-order chi connectivity index (χ0) is 14.5. The minimum Gasteiger partial charge on any atom is -0.230 e. The van der Waals surface area contributed by atoms with Crippen LogP contribution in [0.4, 0.5) is 0 Å². The van der Waals surface area contributed by atoms with Gasteiger partial charge in [-0.2, -0.15) is 0 Å². The number of benzene rings is 1. The summed E-state index contributed by atoms with van der Waals surface area (Å²) in [5.74, 6) is 0.232. The molecule has 0 bridgehead atoms. The van der Waals surface area contributed by atoms with Crippen LogP contribution in [0.1, 0.15) is 59.4 Å². The van der Waals surface area contributed by atoms with Gasteiger partial charge in [-0.25, -0.2) is 5.11 Å².